The molecule has 0 fully saturated rings. The fourth-order valence-electron chi connectivity index (χ4n) is 3.07. The van der Waals surface area contributed by atoms with Crippen LogP contribution in [-0.4, -0.2) is 12.2 Å². The van der Waals surface area contributed by atoms with Crippen molar-refractivity contribution in [3.8, 4) is 22.6 Å². The molecule has 0 atom stereocenters. The molecule has 0 saturated heterocycles. The zero-order valence-electron chi connectivity index (χ0n) is 17.2. The lowest BCUT2D eigenvalue weighted by Crippen LogP contribution is -1.94. The van der Waals surface area contributed by atoms with E-state index in [1.54, 1.807) is 7.11 Å². The minimum absolute atomic E-state index is 0.337. The maximum absolute atomic E-state index is 10.2. The van der Waals surface area contributed by atoms with E-state index in [0.29, 0.717) is 17.6 Å². The second-order valence-corrected chi connectivity index (χ2v) is 8.14. The molecule has 3 rings (SSSR count). The summed E-state index contributed by atoms with van der Waals surface area (Å²) in [5.74, 6) is 2.19. The average molecular weight is 441 g/mol. The van der Waals surface area contributed by atoms with Gasteiger partial charge >= 0.3 is 0 Å². The van der Waals surface area contributed by atoms with Gasteiger partial charge in [-0.2, -0.15) is 0 Å². The normalized spacial score (nSPS) is 10.6. The van der Waals surface area contributed by atoms with Crippen LogP contribution < -0.4 is 4.74 Å². The number of rotatable bonds is 4. The van der Waals surface area contributed by atoms with Crippen LogP contribution in [0.4, 0.5) is 0 Å². The van der Waals surface area contributed by atoms with Gasteiger partial charge in [-0.15, -0.1) is 0 Å². The third kappa shape index (κ3) is 5.39. The molecule has 0 aliphatic carbocycles. The van der Waals surface area contributed by atoms with Crippen LogP contribution in [0.5, 0.6) is 11.5 Å². The molecule has 0 heterocycles. The van der Waals surface area contributed by atoms with Gasteiger partial charge in [0.15, 0.2) is 0 Å². The summed E-state index contributed by atoms with van der Waals surface area (Å²) in [4.78, 5) is 0. The number of hydrogen-bond donors (Lipinski definition) is 1. The number of para-hydroxylation sites is 2. The monoisotopic (exact) mass is 440 g/mol. The Morgan fingerprint density at radius 1 is 0.750 bits per heavy atom. The molecule has 3 heteroatoms. The van der Waals surface area contributed by atoms with E-state index in [1.807, 2.05) is 60.7 Å². The summed E-state index contributed by atoms with van der Waals surface area (Å²) in [5, 5.41) is 10.2. The van der Waals surface area contributed by atoms with E-state index in [0.717, 1.165) is 26.9 Å². The Bertz CT molecular complexity index is 886. The fourth-order valence-corrected chi connectivity index (χ4v) is 3.62. The Labute approximate surface area is 177 Å². The van der Waals surface area contributed by atoms with Crippen molar-refractivity contribution in [1.29, 1.82) is 0 Å². The second kappa shape index (κ2) is 10.3. The number of methoxy groups -OCH3 is 1. The summed E-state index contributed by atoms with van der Waals surface area (Å²) in [5.41, 5.74) is 4.21. The Hall–Kier alpha value is -2.26. The Balaban J connectivity index is 0.000000209. The van der Waals surface area contributed by atoms with Crippen LogP contribution in [0.1, 0.15) is 50.7 Å². The van der Waals surface area contributed by atoms with Gasteiger partial charge in [0, 0.05) is 5.56 Å². The van der Waals surface area contributed by atoms with E-state index in [9.17, 15) is 5.11 Å². The standard InChI is InChI=1S/C15H16O.C10H13BrO/c1-11(2)13-9-6-10-14(15(13)16)12-7-4-3-5-8-12;1-7(2)8-5-4-6-9(11)10(8)12-3/h3-11,16H,1-2H3;4-7H,1-3H3. The number of phenolic OH excluding ortho intramolecular Hbond substituents is 1. The quantitative estimate of drug-likeness (QED) is 0.448. The minimum atomic E-state index is 0.337. The van der Waals surface area contributed by atoms with E-state index in [1.165, 1.54) is 5.56 Å². The number of aromatic hydroxyl groups is 1. The van der Waals surface area contributed by atoms with Gasteiger partial charge in [0.25, 0.3) is 0 Å². The first-order valence-electron chi connectivity index (χ1n) is 9.56. The van der Waals surface area contributed by atoms with Gasteiger partial charge in [-0.25, -0.2) is 0 Å². The summed E-state index contributed by atoms with van der Waals surface area (Å²) in [6, 6.07) is 22.0. The van der Waals surface area contributed by atoms with Gasteiger partial charge in [0.1, 0.15) is 11.5 Å². The molecule has 0 bridgehead atoms. The molecule has 1 N–H and O–H groups in total. The molecular formula is C25H29BrO2. The molecule has 0 amide bonds. The van der Waals surface area contributed by atoms with E-state index >= 15 is 0 Å². The Kier molecular flexibility index (Phi) is 8.13. The van der Waals surface area contributed by atoms with E-state index in [-0.39, 0.29) is 0 Å². The number of halogens is 1. The largest absolute Gasteiger partial charge is 0.507 e. The summed E-state index contributed by atoms with van der Waals surface area (Å²) in [6.07, 6.45) is 0. The fraction of sp³-hybridized carbons (Fsp3) is 0.280. The van der Waals surface area contributed by atoms with Crippen molar-refractivity contribution in [2.75, 3.05) is 7.11 Å². The van der Waals surface area contributed by atoms with Crippen molar-refractivity contribution < 1.29 is 9.84 Å². The molecular weight excluding hydrogens is 412 g/mol. The molecule has 0 aromatic heterocycles. The molecule has 0 radical (unpaired) electrons. The van der Waals surface area contributed by atoms with Gasteiger partial charge < -0.3 is 9.84 Å². The van der Waals surface area contributed by atoms with E-state index < -0.39 is 0 Å². The van der Waals surface area contributed by atoms with Gasteiger partial charge in [-0.3, -0.25) is 0 Å². The third-order valence-electron chi connectivity index (χ3n) is 4.60. The van der Waals surface area contributed by atoms with Crippen LogP contribution in [0.3, 0.4) is 0 Å². The number of phenols is 1. The van der Waals surface area contributed by atoms with Gasteiger partial charge in [0.2, 0.25) is 0 Å². The zero-order chi connectivity index (χ0) is 20.7. The average Bonchev–Trinajstić information content (AvgIpc) is 2.69. The molecule has 0 spiro atoms. The summed E-state index contributed by atoms with van der Waals surface area (Å²) in [6.45, 7) is 8.49. The highest BCUT2D eigenvalue weighted by Gasteiger charge is 2.11. The molecule has 0 aliphatic heterocycles. The maximum Gasteiger partial charge on any atom is 0.136 e. The van der Waals surface area contributed by atoms with Crippen LogP contribution >= 0.6 is 15.9 Å². The lowest BCUT2D eigenvalue weighted by atomic mass is 9.96. The van der Waals surface area contributed by atoms with E-state index in [2.05, 4.69) is 49.7 Å². The molecule has 0 saturated carbocycles. The molecule has 0 aliphatic rings. The first-order valence-corrected chi connectivity index (χ1v) is 10.4. The zero-order valence-corrected chi connectivity index (χ0v) is 18.8. The van der Waals surface area contributed by atoms with Crippen molar-refractivity contribution in [2.24, 2.45) is 0 Å². The predicted octanol–water partition coefficient (Wildman–Crippen LogP) is 7.76. The lowest BCUT2D eigenvalue weighted by molar-refractivity contribution is 0.405. The summed E-state index contributed by atoms with van der Waals surface area (Å²) in [7, 11) is 1.70. The lowest BCUT2D eigenvalue weighted by Gasteiger charge is -2.12. The summed E-state index contributed by atoms with van der Waals surface area (Å²) < 4.78 is 6.31. The van der Waals surface area contributed by atoms with Crippen molar-refractivity contribution in [2.45, 2.75) is 39.5 Å². The van der Waals surface area contributed by atoms with E-state index in [4.69, 9.17) is 4.74 Å². The first-order chi connectivity index (χ1) is 13.4. The number of hydrogen-bond acceptors (Lipinski definition) is 2. The molecule has 3 aromatic carbocycles. The second-order valence-electron chi connectivity index (χ2n) is 7.28. The van der Waals surface area contributed by atoms with Crippen LogP contribution in [-0.2, 0) is 0 Å². The highest BCUT2D eigenvalue weighted by atomic mass is 79.9. The highest BCUT2D eigenvalue weighted by molar-refractivity contribution is 9.10. The van der Waals surface area contributed by atoms with Crippen LogP contribution in [0.25, 0.3) is 11.1 Å². The van der Waals surface area contributed by atoms with Crippen LogP contribution in [0, 0.1) is 0 Å². The van der Waals surface area contributed by atoms with Gasteiger partial charge in [-0.05, 0) is 50.5 Å². The van der Waals surface area contributed by atoms with Gasteiger partial charge in [0.05, 0.1) is 11.6 Å². The molecule has 3 aromatic rings. The summed E-state index contributed by atoms with van der Waals surface area (Å²) >= 11 is 3.45. The third-order valence-corrected chi connectivity index (χ3v) is 5.22. The van der Waals surface area contributed by atoms with Crippen molar-refractivity contribution in [1.82, 2.24) is 0 Å². The molecule has 28 heavy (non-hydrogen) atoms. The number of ether oxygens (including phenoxy) is 1. The van der Waals surface area contributed by atoms with Crippen LogP contribution in [0.2, 0.25) is 0 Å². The molecule has 148 valence electrons. The van der Waals surface area contributed by atoms with Crippen LogP contribution in [0.15, 0.2) is 71.2 Å². The molecule has 0 unspecified atom stereocenters. The Morgan fingerprint density at radius 2 is 1.32 bits per heavy atom. The SMILES string of the molecule is CC(C)c1cccc(-c2ccccc2)c1O.COc1c(Br)cccc1C(C)C. The minimum Gasteiger partial charge on any atom is -0.507 e. The van der Waals surface area contributed by atoms with Crippen molar-refractivity contribution >= 4 is 15.9 Å². The first kappa shape index (κ1) is 22.0. The number of benzene rings is 3. The van der Waals surface area contributed by atoms with Gasteiger partial charge in [-0.1, -0.05) is 88.4 Å². The molecule has 2 nitrogen and oxygen atoms in total. The Morgan fingerprint density at radius 3 is 1.86 bits per heavy atom. The van der Waals surface area contributed by atoms with Crippen molar-refractivity contribution in [3.05, 3.63) is 82.3 Å². The highest BCUT2D eigenvalue weighted by Crippen LogP contribution is 2.35. The smallest absolute Gasteiger partial charge is 0.136 e. The predicted molar refractivity (Wildman–Crippen MR) is 122 cm³/mol. The topological polar surface area (TPSA) is 29.5 Å². The van der Waals surface area contributed by atoms with Crippen molar-refractivity contribution in [3.63, 3.8) is 0 Å². The maximum atomic E-state index is 10.2.